The standard InChI is InChI=1S/C12H21N3O/c1-15(11-4-2-3-5-11)7-6-13-8-12-9-14-10-16-12/h9-11,13H,2-8H2,1H3. The Morgan fingerprint density at radius 2 is 2.31 bits per heavy atom. The lowest BCUT2D eigenvalue weighted by molar-refractivity contribution is 0.244. The van der Waals surface area contributed by atoms with Crippen molar-refractivity contribution in [3.05, 3.63) is 18.4 Å². The molecular formula is C12H21N3O. The highest BCUT2D eigenvalue weighted by Crippen LogP contribution is 2.21. The predicted octanol–water partition coefficient (Wildman–Crippen LogP) is 1.64. The minimum Gasteiger partial charge on any atom is -0.447 e. The Labute approximate surface area is 97.0 Å². The summed E-state index contributed by atoms with van der Waals surface area (Å²) >= 11 is 0. The van der Waals surface area contributed by atoms with Crippen LogP contribution in [-0.2, 0) is 6.54 Å². The maximum Gasteiger partial charge on any atom is 0.180 e. The van der Waals surface area contributed by atoms with Gasteiger partial charge in [-0.15, -0.1) is 0 Å². The van der Waals surface area contributed by atoms with E-state index in [9.17, 15) is 0 Å². The number of nitrogens with one attached hydrogen (secondary N) is 1. The molecule has 1 heterocycles. The van der Waals surface area contributed by atoms with Crippen LogP contribution < -0.4 is 5.32 Å². The van der Waals surface area contributed by atoms with Gasteiger partial charge in [-0.1, -0.05) is 12.8 Å². The Hall–Kier alpha value is -0.870. The van der Waals surface area contributed by atoms with Crippen molar-refractivity contribution in [1.29, 1.82) is 0 Å². The van der Waals surface area contributed by atoms with Crippen LogP contribution in [0, 0.1) is 0 Å². The summed E-state index contributed by atoms with van der Waals surface area (Å²) < 4.78 is 5.15. The van der Waals surface area contributed by atoms with E-state index in [2.05, 4.69) is 22.2 Å². The zero-order chi connectivity index (χ0) is 11.2. The largest absolute Gasteiger partial charge is 0.447 e. The molecule has 4 heteroatoms. The number of aromatic nitrogens is 1. The SMILES string of the molecule is CN(CCNCc1cnco1)C1CCCC1. The van der Waals surface area contributed by atoms with Crippen molar-refractivity contribution in [2.24, 2.45) is 0 Å². The molecule has 0 radical (unpaired) electrons. The van der Waals surface area contributed by atoms with Crippen LogP contribution in [0.2, 0.25) is 0 Å². The molecular weight excluding hydrogens is 202 g/mol. The monoisotopic (exact) mass is 223 g/mol. The smallest absolute Gasteiger partial charge is 0.180 e. The second-order valence-electron chi connectivity index (χ2n) is 4.56. The third-order valence-electron chi connectivity index (χ3n) is 3.37. The molecule has 1 aliphatic rings. The van der Waals surface area contributed by atoms with Crippen LogP contribution in [0.25, 0.3) is 0 Å². The van der Waals surface area contributed by atoms with Crippen molar-refractivity contribution in [2.45, 2.75) is 38.3 Å². The average molecular weight is 223 g/mol. The van der Waals surface area contributed by atoms with Gasteiger partial charge in [0, 0.05) is 19.1 Å². The molecule has 0 amide bonds. The number of hydrogen-bond acceptors (Lipinski definition) is 4. The topological polar surface area (TPSA) is 41.3 Å². The van der Waals surface area contributed by atoms with Gasteiger partial charge in [0.25, 0.3) is 0 Å². The number of nitrogens with zero attached hydrogens (tertiary/aromatic N) is 2. The molecule has 1 N–H and O–H groups in total. The summed E-state index contributed by atoms with van der Waals surface area (Å²) in [5.74, 6) is 0.906. The molecule has 0 aromatic carbocycles. The Kier molecular flexibility index (Phi) is 4.36. The van der Waals surface area contributed by atoms with Crippen LogP contribution in [0.15, 0.2) is 17.0 Å². The van der Waals surface area contributed by atoms with Crippen molar-refractivity contribution in [3.63, 3.8) is 0 Å². The average Bonchev–Trinajstić information content (AvgIpc) is 2.96. The van der Waals surface area contributed by atoms with E-state index < -0.39 is 0 Å². The van der Waals surface area contributed by atoms with E-state index in [1.807, 2.05) is 0 Å². The third-order valence-corrected chi connectivity index (χ3v) is 3.37. The van der Waals surface area contributed by atoms with E-state index in [-0.39, 0.29) is 0 Å². The Balaban J connectivity index is 1.57. The maximum atomic E-state index is 5.15. The first-order valence-corrected chi connectivity index (χ1v) is 6.14. The van der Waals surface area contributed by atoms with E-state index in [1.54, 1.807) is 6.20 Å². The molecule has 0 spiro atoms. The van der Waals surface area contributed by atoms with E-state index in [1.165, 1.54) is 32.1 Å². The number of likely N-dealkylation sites (N-methyl/N-ethyl adjacent to an activating group) is 1. The molecule has 1 aromatic heterocycles. The van der Waals surface area contributed by atoms with Crippen molar-refractivity contribution >= 4 is 0 Å². The van der Waals surface area contributed by atoms with E-state index >= 15 is 0 Å². The first kappa shape index (κ1) is 11.6. The van der Waals surface area contributed by atoms with Crippen molar-refractivity contribution < 1.29 is 4.42 Å². The van der Waals surface area contributed by atoms with Gasteiger partial charge in [0.05, 0.1) is 12.7 Å². The second-order valence-corrected chi connectivity index (χ2v) is 4.56. The van der Waals surface area contributed by atoms with Crippen LogP contribution in [-0.4, -0.2) is 36.1 Å². The molecule has 1 aromatic rings. The van der Waals surface area contributed by atoms with Gasteiger partial charge >= 0.3 is 0 Å². The summed E-state index contributed by atoms with van der Waals surface area (Å²) in [6, 6.07) is 0.812. The molecule has 1 saturated carbocycles. The van der Waals surface area contributed by atoms with Crippen LogP contribution >= 0.6 is 0 Å². The van der Waals surface area contributed by atoms with Gasteiger partial charge in [-0.3, -0.25) is 0 Å². The predicted molar refractivity (Wildman–Crippen MR) is 63.1 cm³/mol. The summed E-state index contributed by atoms with van der Waals surface area (Å²) in [4.78, 5) is 6.35. The normalized spacial score (nSPS) is 17.4. The van der Waals surface area contributed by atoms with E-state index in [0.29, 0.717) is 0 Å². The molecule has 1 fully saturated rings. The molecule has 0 atom stereocenters. The lowest BCUT2D eigenvalue weighted by Crippen LogP contribution is -2.35. The van der Waals surface area contributed by atoms with E-state index in [4.69, 9.17) is 4.42 Å². The van der Waals surface area contributed by atoms with Crippen LogP contribution in [0.4, 0.5) is 0 Å². The molecule has 0 bridgehead atoms. The van der Waals surface area contributed by atoms with E-state index in [0.717, 1.165) is 31.4 Å². The zero-order valence-electron chi connectivity index (χ0n) is 9.98. The third kappa shape index (κ3) is 3.32. The van der Waals surface area contributed by atoms with Crippen LogP contribution in [0.3, 0.4) is 0 Å². The number of oxazole rings is 1. The molecule has 90 valence electrons. The van der Waals surface area contributed by atoms with Gasteiger partial charge in [0.1, 0.15) is 5.76 Å². The number of hydrogen-bond donors (Lipinski definition) is 1. The highest BCUT2D eigenvalue weighted by Gasteiger charge is 2.18. The Morgan fingerprint density at radius 1 is 1.50 bits per heavy atom. The molecule has 16 heavy (non-hydrogen) atoms. The molecule has 0 saturated heterocycles. The van der Waals surface area contributed by atoms with Gasteiger partial charge in [-0.25, -0.2) is 4.98 Å². The van der Waals surface area contributed by atoms with Crippen molar-refractivity contribution in [3.8, 4) is 0 Å². The first-order valence-electron chi connectivity index (χ1n) is 6.14. The Bertz CT molecular complexity index is 280. The molecule has 0 unspecified atom stereocenters. The zero-order valence-corrected chi connectivity index (χ0v) is 9.98. The van der Waals surface area contributed by atoms with Gasteiger partial charge in [-0.05, 0) is 19.9 Å². The summed E-state index contributed by atoms with van der Waals surface area (Å²) in [6.07, 6.45) is 8.79. The molecule has 4 nitrogen and oxygen atoms in total. The van der Waals surface area contributed by atoms with Crippen molar-refractivity contribution in [1.82, 2.24) is 15.2 Å². The minimum atomic E-state index is 0.776. The lowest BCUT2D eigenvalue weighted by atomic mass is 10.2. The van der Waals surface area contributed by atoms with Crippen LogP contribution in [0.5, 0.6) is 0 Å². The van der Waals surface area contributed by atoms with Gasteiger partial charge in [-0.2, -0.15) is 0 Å². The first-order chi connectivity index (χ1) is 7.86. The maximum absolute atomic E-state index is 5.15. The molecule has 0 aliphatic heterocycles. The fourth-order valence-corrected chi connectivity index (χ4v) is 2.32. The molecule has 1 aliphatic carbocycles. The molecule has 2 rings (SSSR count). The number of rotatable bonds is 6. The lowest BCUT2D eigenvalue weighted by Gasteiger charge is -2.23. The van der Waals surface area contributed by atoms with Gasteiger partial charge in [0.2, 0.25) is 0 Å². The minimum absolute atomic E-state index is 0.776. The van der Waals surface area contributed by atoms with Crippen LogP contribution in [0.1, 0.15) is 31.4 Å². The van der Waals surface area contributed by atoms with Gasteiger partial charge in [0.15, 0.2) is 6.39 Å². The fourth-order valence-electron chi connectivity index (χ4n) is 2.32. The Morgan fingerprint density at radius 3 is 3.00 bits per heavy atom. The summed E-state index contributed by atoms with van der Waals surface area (Å²) in [7, 11) is 2.23. The summed E-state index contributed by atoms with van der Waals surface area (Å²) in [5.41, 5.74) is 0. The van der Waals surface area contributed by atoms with Crippen molar-refractivity contribution in [2.75, 3.05) is 20.1 Å². The fraction of sp³-hybridized carbons (Fsp3) is 0.750. The van der Waals surface area contributed by atoms with Gasteiger partial charge < -0.3 is 14.6 Å². The summed E-state index contributed by atoms with van der Waals surface area (Å²) in [6.45, 7) is 2.89. The quantitative estimate of drug-likeness (QED) is 0.744. The highest BCUT2D eigenvalue weighted by molar-refractivity contribution is 4.87. The second kappa shape index (κ2) is 6.01. The summed E-state index contributed by atoms with van der Waals surface area (Å²) in [5, 5.41) is 3.37. The highest BCUT2D eigenvalue weighted by atomic mass is 16.3.